The average molecular weight is 743 g/mol. The number of nitrogens with one attached hydrogen (secondary N) is 2. The van der Waals surface area contributed by atoms with Gasteiger partial charge in [0, 0.05) is 48.6 Å². The van der Waals surface area contributed by atoms with Gasteiger partial charge in [-0.3, -0.25) is 19.8 Å². The zero-order valence-electron chi connectivity index (χ0n) is 28.6. The van der Waals surface area contributed by atoms with Crippen LogP contribution in [0.5, 0.6) is 5.88 Å². The first-order chi connectivity index (χ1) is 25.6. The standard InChI is InChI=1S/C38H34ClF3N8O3/c1-22-29-15-24(16-30(38(40,41)42)36(29)48-47-22)37(51)44-26-7-8-33-32(17-26)45-34(50(33)19-28-11-14-52-28)20-49-12-9-23(10-13-49)31-3-2-4-35(46-31)53-21-27-6-5-25(39)18-43-27/h2-9,15-18,28H,10-14,19-21H2,1H3,(H,44,51)(H,47,48)/t28-/m0/s1. The van der Waals surface area contributed by atoms with Crippen molar-refractivity contribution in [3.63, 3.8) is 0 Å². The van der Waals surface area contributed by atoms with Crippen LogP contribution in [0.3, 0.4) is 0 Å². The van der Waals surface area contributed by atoms with E-state index >= 15 is 0 Å². The fourth-order valence-electron chi connectivity index (χ4n) is 6.62. The number of nitrogens with zero attached hydrogens (tertiary/aromatic N) is 6. The van der Waals surface area contributed by atoms with Gasteiger partial charge in [0.15, 0.2) is 0 Å². The van der Waals surface area contributed by atoms with Crippen molar-refractivity contribution in [2.24, 2.45) is 0 Å². The lowest BCUT2D eigenvalue weighted by molar-refractivity contribution is -0.136. The molecule has 0 aliphatic carbocycles. The topological polar surface area (TPSA) is 123 Å². The van der Waals surface area contributed by atoms with Gasteiger partial charge >= 0.3 is 6.18 Å². The molecule has 1 atom stereocenters. The number of H-pyrrole nitrogens is 1. The molecule has 1 fully saturated rings. The number of aryl methyl sites for hydroxylation is 1. The van der Waals surface area contributed by atoms with Gasteiger partial charge in [0.1, 0.15) is 12.4 Å². The van der Waals surface area contributed by atoms with Gasteiger partial charge in [-0.15, -0.1) is 0 Å². The number of anilines is 1. The van der Waals surface area contributed by atoms with Gasteiger partial charge < -0.3 is 19.4 Å². The molecule has 2 aliphatic heterocycles. The second-order valence-electron chi connectivity index (χ2n) is 13.2. The number of hydrogen-bond acceptors (Lipinski definition) is 8. The van der Waals surface area contributed by atoms with Crippen LogP contribution in [0, 0.1) is 6.92 Å². The van der Waals surface area contributed by atoms with Crippen LogP contribution in [0.2, 0.25) is 5.02 Å². The summed E-state index contributed by atoms with van der Waals surface area (Å²) in [6, 6.07) is 17.0. The number of amides is 1. The van der Waals surface area contributed by atoms with E-state index in [1.165, 1.54) is 6.07 Å². The quantitative estimate of drug-likeness (QED) is 0.147. The van der Waals surface area contributed by atoms with Gasteiger partial charge in [-0.05, 0) is 73.9 Å². The van der Waals surface area contributed by atoms with Crippen molar-refractivity contribution >= 4 is 50.7 Å². The van der Waals surface area contributed by atoms with Crippen LogP contribution in [0.4, 0.5) is 18.9 Å². The first-order valence-electron chi connectivity index (χ1n) is 17.2. The third-order valence-electron chi connectivity index (χ3n) is 9.56. The smallest absolute Gasteiger partial charge is 0.418 e. The highest BCUT2D eigenvalue weighted by Crippen LogP contribution is 2.36. The summed E-state index contributed by atoms with van der Waals surface area (Å²) >= 11 is 5.94. The van der Waals surface area contributed by atoms with Gasteiger partial charge in [0.2, 0.25) is 5.88 Å². The second-order valence-corrected chi connectivity index (χ2v) is 13.6. The number of carbonyl (C=O) groups is 1. The van der Waals surface area contributed by atoms with E-state index in [1.807, 2.05) is 30.3 Å². The average Bonchev–Trinajstić information content (AvgIpc) is 3.67. The van der Waals surface area contributed by atoms with Crippen LogP contribution in [-0.4, -0.2) is 66.3 Å². The Morgan fingerprint density at radius 3 is 2.74 bits per heavy atom. The fraction of sp³-hybridized carbons (Fsp3) is 0.289. The predicted octanol–water partition coefficient (Wildman–Crippen LogP) is 7.59. The highest BCUT2D eigenvalue weighted by Gasteiger charge is 2.35. The van der Waals surface area contributed by atoms with Crippen molar-refractivity contribution in [3.05, 3.63) is 112 Å². The molecule has 2 N–H and O–H groups in total. The number of aromatic amines is 1. The van der Waals surface area contributed by atoms with Crippen LogP contribution < -0.4 is 10.1 Å². The van der Waals surface area contributed by atoms with Crippen LogP contribution >= 0.6 is 11.6 Å². The summed E-state index contributed by atoms with van der Waals surface area (Å²) in [5.74, 6) is 0.710. The number of hydrogen-bond donors (Lipinski definition) is 2. The van der Waals surface area contributed by atoms with Crippen molar-refractivity contribution in [1.82, 2.24) is 34.6 Å². The second kappa shape index (κ2) is 14.3. The molecule has 0 spiro atoms. The Morgan fingerprint density at radius 2 is 2.00 bits per heavy atom. The zero-order chi connectivity index (χ0) is 36.7. The van der Waals surface area contributed by atoms with Gasteiger partial charge in [0.05, 0.1) is 63.4 Å². The Labute approximate surface area is 306 Å². The van der Waals surface area contributed by atoms with Crippen molar-refractivity contribution in [2.45, 2.75) is 51.7 Å². The van der Waals surface area contributed by atoms with Crippen molar-refractivity contribution in [2.75, 3.05) is 25.0 Å². The SMILES string of the molecule is Cc1n[nH]c2c(C(F)(F)F)cc(C(=O)Nc3ccc4c(c3)nc(CN3CC=C(c5cccc(OCc6ccc(Cl)cn6)n5)CC3)n4C[C@@H]3CCO3)cc12. The molecule has 53 heavy (non-hydrogen) atoms. The maximum Gasteiger partial charge on any atom is 0.418 e. The third kappa shape index (κ3) is 7.48. The van der Waals surface area contributed by atoms with E-state index in [0.29, 0.717) is 47.4 Å². The van der Waals surface area contributed by atoms with Crippen LogP contribution in [0.25, 0.3) is 27.5 Å². The number of benzene rings is 2. The molecule has 1 saturated heterocycles. The summed E-state index contributed by atoms with van der Waals surface area (Å²) in [5, 5.41) is 9.93. The molecular weight excluding hydrogens is 709 g/mol. The minimum Gasteiger partial charge on any atom is -0.471 e. The molecule has 15 heteroatoms. The van der Waals surface area contributed by atoms with Gasteiger partial charge in [-0.25, -0.2) is 9.97 Å². The monoisotopic (exact) mass is 742 g/mol. The Hall–Kier alpha value is -5.31. The molecule has 0 saturated carbocycles. The minimum absolute atomic E-state index is 0.0820. The molecule has 272 valence electrons. The highest BCUT2D eigenvalue weighted by atomic mass is 35.5. The number of alkyl halides is 3. The van der Waals surface area contributed by atoms with Gasteiger partial charge in [0.25, 0.3) is 5.91 Å². The Balaban J connectivity index is 0.982. The molecule has 0 unspecified atom stereocenters. The van der Waals surface area contributed by atoms with Crippen molar-refractivity contribution in [3.8, 4) is 5.88 Å². The molecular formula is C38H34ClF3N8O3. The Morgan fingerprint density at radius 1 is 1.13 bits per heavy atom. The largest absolute Gasteiger partial charge is 0.471 e. The normalized spacial score (nSPS) is 16.5. The number of ether oxygens (including phenoxy) is 2. The summed E-state index contributed by atoms with van der Waals surface area (Å²) < 4.78 is 55.5. The number of imidazole rings is 1. The third-order valence-corrected chi connectivity index (χ3v) is 9.79. The first kappa shape index (κ1) is 34.8. The number of halogens is 4. The fourth-order valence-corrected chi connectivity index (χ4v) is 6.73. The number of aromatic nitrogens is 6. The lowest BCUT2D eigenvalue weighted by Gasteiger charge is -2.29. The molecule has 2 aliphatic rings. The van der Waals surface area contributed by atoms with E-state index in [4.69, 9.17) is 31.0 Å². The van der Waals surface area contributed by atoms with E-state index in [2.05, 4.69) is 36.0 Å². The maximum absolute atomic E-state index is 13.9. The molecule has 0 radical (unpaired) electrons. The Kier molecular flexibility index (Phi) is 9.35. The molecule has 0 bridgehead atoms. The lowest BCUT2D eigenvalue weighted by Crippen LogP contribution is -2.33. The van der Waals surface area contributed by atoms with Crippen molar-refractivity contribution < 1.29 is 27.4 Å². The molecule has 8 rings (SSSR count). The molecule has 6 heterocycles. The zero-order valence-corrected chi connectivity index (χ0v) is 29.3. The van der Waals surface area contributed by atoms with E-state index in [0.717, 1.165) is 60.4 Å². The Bertz CT molecular complexity index is 2350. The minimum atomic E-state index is -4.67. The highest BCUT2D eigenvalue weighted by molar-refractivity contribution is 6.30. The summed E-state index contributed by atoms with van der Waals surface area (Å²) in [6.45, 7) is 5.30. The van der Waals surface area contributed by atoms with E-state index in [9.17, 15) is 18.0 Å². The first-order valence-corrected chi connectivity index (χ1v) is 17.6. The van der Waals surface area contributed by atoms with E-state index in [1.54, 1.807) is 31.3 Å². The molecule has 2 aromatic carbocycles. The van der Waals surface area contributed by atoms with E-state index in [-0.39, 0.29) is 29.2 Å². The number of pyridine rings is 2. The van der Waals surface area contributed by atoms with Gasteiger partial charge in [-0.1, -0.05) is 23.7 Å². The number of fused-ring (bicyclic) bond motifs is 2. The lowest BCUT2D eigenvalue weighted by atomic mass is 10.0. The van der Waals surface area contributed by atoms with E-state index < -0.39 is 17.6 Å². The van der Waals surface area contributed by atoms with Crippen LogP contribution in [0.1, 0.15) is 51.7 Å². The van der Waals surface area contributed by atoms with Crippen molar-refractivity contribution in [1.29, 1.82) is 0 Å². The summed E-state index contributed by atoms with van der Waals surface area (Å²) in [4.78, 5) is 29.6. The molecule has 1 amide bonds. The van der Waals surface area contributed by atoms with Gasteiger partial charge in [-0.2, -0.15) is 18.3 Å². The number of rotatable bonds is 10. The molecule has 6 aromatic rings. The summed E-state index contributed by atoms with van der Waals surface area (Å²) in [5.41, 5.74) is 3.88. The summed E-state index contributed by atoms with van der Waals surface area (Å²) in [6.07, 6.45) is 0.923. The van der Waals surface area contributed by atoms with Crippen LogP contribution in [0.15, 0.2) is 72.9 Å². The summed E-state index contributed by atoms with van der Waals surface area (Å²) in [7, 11) is 0. The maximum atomic E-state index is 13.9. The molecule has 4 aromatic heterocycles. The number of carbonyl (C=O) groups excluding carboxylic acids is 1. The predicted molar refractivity (Wildman–Crippen MR) is 194 cm³/mol. The van der Waals surface area contributed by atoms with Crippen LogP contribution in [-0.2, 0) is 30.6 Å². The molecule has 11 nitrogen and oxygen atoms in total.